The molecule has 3 heteroatoms. The summed E-state index contributed by atoms with van der Waals surface area (Å²) in [7, 11) is 1.91. The van der Waals surface area contributed by atoms with Crippen LogP contribution in [0.4, 0.5) is 4.39 Å². The highest BCUT2D eigenvalue weighted by Gasteiger charge is 2.30. The molecule has 0 fully saturated rings. The van der Waals surface area contributed by atoms with Gasteiger partial charge in [0, 0.05) is 16.5 Å². The third kappa shape index (κ3) is 3.63. The first-order chi connectivity index (χ1) is 9.95. The van der Waals surface area contributed by atoms with Crippen molar-refractivity contribution in [3.8, 4) is 0 Å². The summed E-state index contributed by atoms with van der Waals surface area (Å²) in [6.07, 6.45) is 0.588. The van der Waals surface area contributed by atoms with Crippen LogP contribution in [0, 0.1) is 5.82 Å². The van der Waals surface area contributed by atoms with E-state index in [0.29, 0.717) is 17.0 Å². The molecular weight excluding hydrogens is 285 g/mol. The molecule has 0 heterocycles. The van der Waals surface area contributed by atoms with Crippen LogP contribution in [0.5, 0.6) is 0 Å². The lowest BCUT2D eigenvalue weighted by Crippen LogP contribution is -2.44. The summed E-state index contributed by atoms with van der Waals surface area (Å²) in [5, 5.41) is 3.89. The molecule has 0 aliphatic heterocycles. The summed E-state index contributed by atoms with van der Waals surface area (Å²) in [5.41, 5.74) is 1.75. The van der Waals surface area contributed by atoms with Crippen molar-refractivity contribution in [3.05, 3.63) is 70.5 Å². The zero-order chi connectivity index (χ0) is 15.5. The highest BCUT2D eigenvalue weighted by molar-refractivity contribution is 6.30. The fourth-order valence-electron chi connectivity index (χ4n) is 2.71. The molecule has 0 aliphatic rings. The van der Waals surface area contributed by atoms with E-state index in [4.69, 9.17) is 11.6 Å². The van der Waals surface area contributed by atoms with Gasteiger partial charge in [-0.05, 0) is 42.8 Å². The Balaban J connectivity index is 2.29. The average molecular weight is 306 g/mol. The SMILES string of the molecule is CNC(Cc1cc(Cl)ccc1F)C(C)(C)c1ccccc1. The number of rotatable bonds is 5. The number of nitrogens with one attached hydrogen (secondary N) is 1. The zero-order valence-corrected chi connectivity index (χ0v) is 13.4. The molecule has 0 aliphatic carbocycles. The first-order valence-electron chi connectivity index (χ1n) is 7.12. The molecular formula is C18H21ClFN. The van der Waals surface area contributed by atoms with Crippen LogP contribution in [0.3, 0.4) is 0 Å². The summed E-state index contributed by atoms with van der Waals surface area (Å²) in [4.78, 5) is 0. The molecule has 21 heavy (non-hydrogen) atoms. The van der Waals surface area contributed by atoms with Crippen molar-refractivity contribution in [3.63, 3.8) is 0 Å². The molecule has 0 saturated heterocycles. The number of halogens is 2. The fourth-order valence-corrected chi connectivity index (χ4v) is 2.90. The van der Waals surface area contributed by atoms with Crippen LogP contribution in [0.15, 0.2) is 48.5 Å². The fraction of sp³-hybridized carbons (Fsp3) is 0.333. The molecule has 2 aromatic carbocycles. The Morgan fingerprint density at radius 3 is 2.43 bits per heavy atom. The largest absolute Gasteiger partial charge is 0.316 e. The lowest BCUT2D eigenvalue weighted by Gasteiger charge is -2.35. The van der Waals surface area contributed by atoms with Crippen molar-refractivity contribution < 1.29 is 4.39 Å². The monoisotopic (exact) mass is 305 g/mol. The topological polar surface area (TPSA) is 12.0 Å². The Kier molecular flexibility index (Phi) is 5.02. The van der Waals surface area contributed by atoms with Crippen molar-refractivity contribution >= 4 is 11.6 Å². The Hall–Kier alpha value is -1.38. The van der Waals surface area contributed by atoms with Crippen molar-refractivity contribution in [1.29, 1.82) is 0 Å². The molecule has 1 atom stereocenters. The van der Waals surface area contributed by atoms with Crippen LogP contribution in [0.25, 0.3) is 0 Å². The van der Waals surface area contributed by atoms with Gasteiger partial charge in [0.15, 0.2) is 0 Å². The van der Waals surface area contributed by atoms with E-state index < -0.39 is 0 Å². The van der Waals surface area contributed by atoms with Gasteiger partial charge in [0.2, 0.25) is 0 Å². The second-order valence-electron chi connectivity index (χ2n) is 5.87. The number of benzene rings is 2. The summed E-state index contributed by atoms with van der Waals surface area (Å²) >= 11 is 5.99. The molecule has 0 radical (unpaired) electrons. The maximum absolute atomic E-state index is 14.0. The predicted molar refractivity (Wildman–Crippen MR) is 87.4 cm³/mol. The Morgan fingerprint density at radius 1 is 1.14 bits per heavy atom. The van der Waals surface area contributed by atoms with Gasteiger partial charge >= 0.3 is 0 Å². The lowest BCUT2D eigenvalue weighted by atomic mass is 9.75. The van der Waals surface area contributed by atoms with Crippen LogP contribution >= 0.6 is 11.6 Å². The highest BCUT2D eigenvalue weighted by Crippen LogP contribution is 2.30. The van der Waals surface area contributed by atoms with E-state index in [-0.39, 0.29) is 17.3 Å². The standard InChI is InChI=1S/C18H21ClFN/c1-18(2,14-7-5-4-6-8-14)17(21-3)12-13-11-15(19)9-10-16(13)20/h4-11,17,21H,12H2,1-3H3. The minimum atomic E-state index is -0.205. The van der Waals surface area contributed by atoms with Crippen LogP contribution in [-0.2, 0) is 11.8 Å². The molecule has 0 aromatic heterocycles. The molecule has 0 spiro atoms. The minimum Gasteiger partial charge on any atom is -0.316 e. The predicted octanol–water partition coefficient (Wildman–Crippen LogP) is 4.59. The molecule has 0 bridgehead atoms. The smallest absolute Gasteiger partial charge is 0.126 e. The Morgan fingerprint density at radius 2 is 1.81 bits per heavy atom. The summed E-state index contributed by atoms with van der Waals surface area (Å²) in [5.74, 6) is -0.205. The van der Waals surface area contributed by atoms with Crippen LogP contribution in [0.2, 0.25) is 5.02 Å². The van der Waals surface area contributed by atoms with Crippen LogP contribution in [-0.4, -0.2) is 13.1 Å². The van der Waals surface area contributed by atoms with E-state index >= 15 is 0 Å². The van der Waals surface area contributed by atoms with E-state index in [1.807, 2.05) is 25.2 Å². The Bertz CT molecular complexity index is 595. The van der Waals surface area contributed by atoms with Gasteiger partial charge in [-0.25, -0.2) is 4.39 Å². The van der Waals surface area contributed by atoms with Crippen molar-refractivity contribution in [2.24, 2.45) is 0 Å². The second-order valence-corrected chi connectivity index (χ2v) is 6.31. The maximum Gasteiger partial charge on any atom is 0.126 e. The quantitative estimate of drug-likeness (QED) is 0.852. The first kappa shape index (κ1) is 16.0. The summed E-state index contributed by atoms with van der Waals surface area (Å²) in [6.45, 7) is 4.35. The third-order valence-corrected chi connectivity index (χ3v) is 4.40. The molecule has 1 nitrogen and oxygen atoms in total. The maximum atomic E-state index is 14.0. The first-order valence-corrected chi connectivity index (χ1v) is 7.49. The van der Waals surface area contributed by atoms with E-state index in [0.717, 1.165) is 0 Å². The molecule has 1 N–H and O–H groups in total. The molecule has 112 valence electrons. The number of hydrogen-bond acceptors (Lipinski definition) is 1. The number of likely N-dealkylation sites (N-methyl/N-ethyl adjacent to an activating group) is 1. The van der Waals surface area contributed by atoms with Gasteiger partial charge in [-0.1, -0.05) is 55.8 Å². The summed E-state index contributed by atoms with van der Waals surface area (Å²) < 4.78 is 14.0. The average Bonchev–Trinajstić information content (AvgIpc) is 2.48. The van der Waals surface area contributed by atoms with E-state index in [1.54, 1.807) is 12.1 Å². The van der Waals surface area contributed by atoms with Crippen molar-refractivity contribution in [1.82, 2.24) is 5.32 Å². The molecule has 2 rings (SSSR count). The van der Waals surface area contributed by atoms with E-state index in [9.17, 15) is 4.39 Å². The summed E-state index contributed by atoms with van der Waals surface area (Å²) in [6, 6.07) is 15.1. The van der Waals surface area contributed by atoms with E-state index in [2.05, 4.69) is 31.3 Å². The van der Waals surface area contributed by atoms with Gasteiger partial charge < -0.3 is 5.32 Å². The molecule has 2 aromatic rings. The normalized spacial score (nSPS) is 13.2. The number of hydrogen-bond donors (Lipinski definition) is 1. The van der Waals surface area contributed by atoms with Crippen LogP contribution < -0.4 is 5.32 Å². The van der Waals surface area contributed by atoms with E-state index in [1.165, 1.54) is 11.6 Å². The van der Waals surface area contributed by atoms with Crippen LogP contribution in [0.1, 0.15) is 25.0 Å². The third-order valence-electron chi connectivity index (χ3n) is 4.17. The zero-order valence-electron chi connectivity index (χ0n) is 12.7. The van der Waals surface area contributed by atoms with Gasteiger partial charge in [-0.3, -0.25) is 0 Å². The lowest BCUT2D eigenvalue weighted by molar-refractivity contribution is 0.353. The molecule has 0 saturated carbocycles. The molecule has 0 amide bonds. The molecule has 1 unspecified atom stereocenters. The Labute approximate surface area is 131 Å². The highest BCUT2D eigenvalue weighted by atomic mass is 35.5. The van der Waals surface area contributed by atoms with Crippen molar-refractivity contribution in [2.75, 3.05) is 7.05 Å². The van der Waals surface area contributed by atoms with Gasteiger partial charge in [0.1, 0.15) is 5.82 Å². The van der Waals surface area contributed by atoms with Gasteiger partial charge in [-0.2, -0.15) is 0 Å². The van der Waals surface area contributed by atoms with Gasteiger partial charge in [-0.15, -0.1) is 0 Å². The van der Waals surface area contributed by atoms with Crippen molar-refractivity contribution in [2.45, 2.75) is 31.7 Å². The van der Waals surface area contributed by atoms with Gasteiger partial charge in [0.05, 0.1) is 0 Å². The second kappa shape index (κ2) is 6.59. The van der Waals surface area contributed by atoms with Gasteiger partial charge in [0.25, 0.3) is 0 Å². The minimum absolute atomic E-state index is 0.105.